The molecular formula is C13H24N2O. The second-order valence-corrected chi connectivity index (χ2v) is 4.32. The van der Waals surface area contributed by atoms with Gasteiger partial charge in [0, 0.05) is 38.1 Å². The lowest BCUT2D eigenvalue weighted by Crippen LogP contribution is -2.25. The minimum absolute atomic E-state index is 0.273. The van der Waals surface area contributed by atoms with Crippen molar-refractivity contribution in [3.8, 4) is 0 Å². The summed E-state index contributed by atoms with van der Waals surface area (Å²) < 4.78 is 7.54. The van der Waals surface area contributed by atoms with E-state index in [1.807, 2.05) is 0 Å². The molecule has 0 radical (unpaired) electrons. The van der Waals surface area contributed by atoms with Gasteiger partial charge in [-0.05, 0) is 39.3 Å². The predicted molar refractivity (Wildman–Crippen MR) is 67.8 cm³/mol. The van der Waals surface area contributed by atoms with Crippen LogP contribution in [0.2, 0.25) is 0 Å². The third-order valence-electron chi connectivity index (χ3n) is 3.14. The van der Waals surface area contributed by atoms with Crippen molar-refractivity contribution in [3.63, 3.8) is 0 Å². The second kappa shape index (κ2) is 6.06. The number of rotatable bonds is 6. The molecule has 92 valence electrons. The number of hydrogen-bond acceptors (Lipinski definition) is 2. The molecule has 0 fully saturated rings. The standard InChI is InChI=1S/C13H24N2O/c1-6-15-10(2)7-13(12(15)4)9-14-8-11(3)16-5/h7,11,14H,6,8-9H2,1-5H3. The van der Waals surface area contributed by atoms with Gasteiger partial charge in [0.05, 0.1) is 6.10 Å². The molecule has 3 heteroatoms. The molecule has 0 saturated carbocycles. The highest BCUT2D eigenvalue weighted by molar-refractivity contribution is 5.26. The summed E-state index contributed by atoms with van der Waals surface area (Å²) in [4.78, 5) is 0. The fourth-order valence-corrected chi connectivity index (χ4v) is 2.03. The van der Waals surface area contributed by atoms with Gasteiger partial charge in [-0.25, -0.2) is 0 Å². The van der Waals surface area contributed by atoms with E-state index in [4.69, 9.17) is 4.74 Å². The maximum atomic E-state index is 5.20. The van der Waals surface area contributed by atoms with Crippen LogP contribution in [0.15, 0.2) is 6.07 Å². The van der Waals surface area contributed by atoms with Gasteiger partial charge in [-0.15, -0.1) is 0 Å². The maximum absolute atomic E-state index is 5.20. The lowest BCUT2D eigenvalue weighted by atomic mass is 10.2. The fraction of sp³-hybridized carbons (Fsp3) is 0.692. The quantitative estimate of drug-likeness (QED) is 0.802. The molecule has 0 bridgehead atoms. The van der Waals surface area contributed by atoms with Gasteiger partial charge in [0.15, 0.2) is 0 Å². The zero-order valence-electron chi connectivity index (χ0n) is 11.1. The van der Waals surface area contributed by atoms with Crippen LogP contribution in [0.3, 0.4) is 0 Å². The molecule has 0 amide bonds. The van der Waals surface area contributed by atoms with Gasteiger partial charge in [-0.2, -0.15) is 0 Å². The normalized spacial score (nSPS) is 13.1. The largest absolute Gasteiger partial charge is 0.380 e. The molecule has 1 rings (SSSR count). The molecule has 3 nitrogen and oxygen atoms in total. The van der Waals surface area contributed by atoms with Crippen LogP contribution in [-0.4, -0.2) is 24.3 Å². The van der Waals surface area contributed by atoms with Crippen LogP contribution in [0.4, 0.5) is 0 Å². The molecule has 0 aliphatic rings. The third kappa shape index (κ3) is 3.09. The molecular weight excluding hydrogens is 200 g/mol. The Hall–Kier alpha value is -0.800. The molecule has 16 heavy (non-hydrogen) atoms. The molecule has 0 aliphatic heterocycles. The topological polar surface area (TPSA) is 26.2 Å². The number of nitrogens with zero attached hydrogens (tertiary/aromatic N) is 1. The Labute approximate surface area is 98.8 Å². The summed E-state index contributed by atoms with van der Waals surface area (Å²) in [5, 5.41) is 3.42. The fourth-order valence-electron chi connectivity index (χ4n) is 2.03. The Morgan fingerprint density at radius 2 is 2.12 bits per heavy atom. The van der Waals surface area contributed by atoms with Crippen molar-refractivity contribution in [1.29, 1.82) is 0 Å². The average molecular weight is 224 g/mol. The molecule has 1 aromatic heterocycles. The Morgan fingerprint density at radius 3 is 2.62 bits per heavy atom. The summed E-state index contributed by atoms with van der Waals surface area (Å²) >= 11 is 0. The molecule has 1 atom stereocenters. The van der Waals surface area contributed by atoms with Crippen LogP contribution in [0, 0.1) is 13.8 Å². The lowest BCUT2D eigenvalue weighted by Gasteiger charge is -2.11. The second-order valence-electron chi connectivity index (χ2n) is 4.32. The Morgan fingerprint density at radius 1 is 1.44 bits per heavy atom. The molecule has 0 saturated heterocycles. The average Bonchev–Trinajstić information content (AvgIpc) is 2.53. The van der Waals surface area contributed by atoms with Gasteiger partial charge >= 0.3 is 0 Å². The third-order valence-corrected chi connectivity index (χ3v) is 3.14. The zero-order valence-corrected chi connectivity index (χ0v) is 11.1. The van der Waals surface area contributed by atoms with Crippen molar-refractivity contribution in [2.75, 3.05) is 13.7 Å². The van der Waals surface area contributed by atoms with Crippen LogP contribution < -0.4 is 5.32 Å². The van der Waals surface area contributed by atoms with E-state index < -0.39 is 0 Å². The smallest absolute Gasteiger partial charge is 0.0667 e. The first kappa shape index (κ1) is 13.3. The predicted octanol–water partition coefficient (Wildman–Crippen LogP) is 2.25. The minimum Gasteiger partial charge on any atom is -0.380 e. The molecule has 1 heterocycles. The summed E-state index contributed by atoms with van der Waals surface area (Å²) in [7, 11) is 1.75. The first-order chi connectivity index (χ1) is 7.60. The van der Waals surface area contributed by atoms with E-state index in [-0.39, 0.29) is 6.10 Å². The van der Waals surface area contributed by atoms with Crippen molar-refractivity contribution in [3.05, 3.63) is 23.0 Å². The molecule has 0 spiro atoms. The van der Waals surface area contributed by atoms with Crippen LogP contribution in [0.1, 0.15) is 30.8 Å². The van der Waals surface area contributed by atoms with E-state index in [0.717, 1.165) is 19.6 Å². The molecule has 1 unspecified atom stereocenters. The first-order valence-electron chi connectivity index (χ1n) is 5.99. The van der Waals surface area contributed by atoms with Crippen molar-refractivity contribution in [2.24, 2.45) is 0 Å². The van der Waals surface area contributed by atoms with E-state index >= 15 is 0 Å². The number of methoxy groups -OCH3 is 1. The van der Waals surface area contributed by atoms with E-state index in [2.05, 4.69) is 43.6 Å². The maximum Gasteiger partial charge on any atom is 0.0667 e. The van der Waals surface area contributed by atoms with E-state index in [1.165, 1.54) is 17.0 Å². The van der Waals surface area contributed by atoms with Crippen molar-refractivity contribution < 1.29 is 4.74 Å². The summed E-state index contributed by atoms with van der Waals surface area (Å²) in [6, 6.07) is 2.27. The van der Waals surface area contributed by atoms with E-state index in [0.29, 0.717) is 0 Å². The number of hydrogen-bond donors (Lipinski definition) is 1. The zero-order chi connectivity index (χ0) is 12.1. The Balaban J connectivity index is 2.54. The first-order valence-corrected chi connectivity index (χ1v) is 5.99. The highest BCUT2D eigenvalue weighted by Crippen LogP contribution is 2.14. The number of aryl methyl sites for hydroxylation is 1. The van der Waals surface area contributed by atoms with Gasteiger partial charge in [0.25, 0.3) is 0 Å². The number of ether oxygens (including phenoxy) is 1. The summed E-state index contributed by atoms with van der Waals surface area (Å²) in [5.41, 5.74) is 4.11. The Kier molecular flexibility index (Phi) is 5.03. The van der Waals surface area contributed by atoms with Gasteiger partial charge < -0.3 is 14.6 Å². The van der Waals surface area contributed by atoms with Gasteiger partial charge in [-0.1, -0.05) is 0 Å². The molecule has 0 aromatic carbocycles. The van der Waals surface area contributed by atoms with Crippen molar-refractivity contribution in [2.45, 2.75) is 46.9 Å². The molecule has 1 N–H and O–H groups in total. The van der Waals surface area contributed by atoms with Gasteiger partial charge in [0.2, 0.25) is 0 Å². The van der Waals surface area contributed by atoms with Crippen molar-refractivity contribution >= 4 is 0 Å². The summed E-state index contributed by atoms with van der Waals surface area (Å²) in [5.74, 6) is 0. The lowest BCUT2D eigenvalue weighted by molar-refractivity contribution is 0.117. The van der Waals surface area contributed by atoms with E-state index in [1.54, 1.807) is 7.11 Å². The van der Waals surface area contributed by atoms with Gasteiger partial charge in [-0.3, -0.25) is 0 Å². The summed E-state index contributed by atoms with van der Waals surface area (Å²) in [6.07, 6.45) is 0.273. The van der Waals surface area contributed by atoms with Crippen molar-refractivity contribution in [1.82, 2.24) is 9.88 Å². The van der Waals surface area contributed by atoms with Crippen LogP contribution in [0.25, 0.3) is 0 Å². The van der Waals surface area contributed by atoms with Crippen LogP contribution in [-0.2, 0) is 17.8 Å². The number of nitrogens with one attached hydrogen (secondary N) is 1. The van der Waals surface area contributed by atoms with Crippen LogP contribution in [0.5, 0.6) is 0 Å². The SMILES string of the molecule is CCn1c(C)cc(CNCC(C)OC)c1C. The number of aromatic nitrogens is 1. The highest BCUT2D eigenvalue weighted by Gasteiger charge is 2.07. The summed E-state index contributed by atoms with van der Waals surface area (Å²) in [6.45, 7) is 11.5. The monoisotopic (exact) mass is 224 g/mol. The highest BCUT2D eigenvalue weighted by atomic mass is 16.5. The minimum atomic E-state index is 0.273. The Bertz CT molecular complexity index is 331. The van der Waals surface area contributed by atoms with Crippen LogP contribution >= 0.6 is 0 Å². The molecule has 1 aromatic rings. The van der Waals surface area contributed by atoms with E-state index in [9.17, 15) is 0 Å². The van der Waals surface area contributed by atoms with Gasteiger partial charge in [0.1, 0.15) is 0 Å². The molecule has 0 aliphatic carbocycles.